The van der Waals surface area contributed by atoms with Crippen LogP contribution in [0.1, 0.15) is 37.4 Å². The van der Waals surface area contributed by atoms with Gasteiger partial charge in [0.15, 0.2) is 0 Å². The van der Waals surface area contributed by atoms with Crippen molar-refractivity contribution < 1.29 is 4.39 Å². The highest BCUT2D eigenvalue weighted by atomic mass is 35.5. The molecule has 12 heteroatoms. The zero-order chi connectivity index (χ0) is 27.0. The van der Waals surface area contributed by atoms with E-state index in [0.717, 1.165) is 89.5 Å². The van der Waals surface area contributed by atoms with Gasteiger partial charge < -0.3 is 4.90 Å². The quantitative estimate of drug-likeness (QED) is 0.233. The van der Waals surface area contributed by atoms with Crippen LogP contribution in [0.5, 0.6) is 0 Å². The number of aryl methyl sites for hydroxylation is 1. The van der Waals surface area contributed by atoms with Gasteiger partial charge in [-0.25, -0.2) is 14.4 Å². The minimum atomic E-state index is -0.159. The van der Waals surface area contributed by atoms with Crippen LogP contribution in [0.3, 0.4) is 0 Å². The Kier molecular flexibility index (Phi) is 20.9. The summed E-state index contributed by atoms with van der Waals surface area (Å²) in [5, 5.41) is 0. The van der Waals surface area contributed by atoms with E-state index in [2.05, 4.69) is 67.7 Å². The van der Waals surface area contributed by atoms with Crippen LogP contribution < -0.4 is 0 Å². The molecule has 3 heterocycles. The molecule has 2 aliphatic rings. The summed E-state index contributed by atoms with van der Waals surface area (Å²) in [6.45, 7) is 15.3. The summed E-state index contributed by atoms with van der Waals surface area (Å²) in [6, 6.07) is 18.5. The summed E-state index contributed by atoms with van der Waals surface area (Å²) in [7, 11) is 0. The molecule has 1 aromatic heterocycles. The number of halogens is 6. The lowest BCUT2D eigenvalue weighted by Crippen LogP contribution is -2.53. The van der Waals surface area contributed by atoms with Crippen LogP contribution in [0.15, 0.2) is 67.1 Å². The van der Waals surface area contributed by atoms with Gasteiger partial charge in [-0.1, -0.05) is 42.5 Å². The molecule has 6 nitrogen and oxygen atoms in total. The number of benzene rings is 2. The molecule has 0 saturated carbocycles. The van der Waals surface area contributed by atoms with Gasteiger partial charge >= 0.3 is 0 Å². The zero-order valence-electron chi connectivity index (χ0n) is 25.6. The van der Waals surface area contributed by atoms with Crippen LogP contribution in [0, 0.1) is 5.82 Å². The van der Waals surface area contributed by atoms with Crippen molar-refractivity contribution in [2.75, 3.05) is 65.4 Å². The van der Waals surface area contributed by atoms with Gasteiger partial charge in [0, 0.05) is 82.7 Å². The van der Waals surface area contributed by atoms with E-state index in [-0.39, 0.29) is 67.9 Å². The van der Waals surface area contributed by atoms with Crippen LogP contribution in [0.2, 0.25) is 0 Å². The minimum absolute atomic E-state index is 0. The molecule has 2 aliphatic heterocycles. The number of aromatic nitrogens is 2. The van der Waals surface area contributed by atoms with Gasteiger partial charge in [0.1, 0.15) is 12.1 Å². The molecule has 3 aromatic rings. The maximum absolute atomic E-state index is 13.7. The first-order valence-corrected chi connectivity index (χ1v) is 14.6. The van der Waals surface area contributed by atoms with Crippen LogP contribution in [0.4, 0.5) is 4.39 Å². The predicted octanol–water partition coefficient (Wildman–Crippen LogP) is 6.71. The van der Waals surface area contributed by atoms with Gasteiger partial charge in [-0.15, -0.1) is 62.0 Å². The summed E-state index contributed by atoms with van der Waals surface area (Å²) in [6.07, 6.45) is 5.71. The zero-order valence-corrected chi connectivity index (χ0v) is 29.7. The Balaban J connectivity index is 0.00000370. The molecule has 0 bridgehead atoms. The second-order valence-corrected chi connectivity index (χ2v) is 11.2. The molecule has 1 atom stereocenters. The van der Waals surface area contributed by atoms with Gasteiger partial charge in [0.05, 0.1) is 5.69 Å². The van der Waals surface area contributed by atoms with Crippen molar-refractivity contribution in [3.05, 3.63) is 84.1 Å². The normalized spacial score (nSPS) is 16.8. The average Bonchev–Trinajstić information content (AvgIpc) is 2.98. The van der Waals surface area contributed by atoms with Crippen molar-refractivity contribution in [1.82, 2.24) is 29.6 Å². The van der Waals surface area contributed by atoms with E-state index in [1.54, 1.807) is 18.5 Å². The molecule has 0 radical (unpaired) electrons. The van der Waals surface area contributed by atoms with Gasteiger partial charge in [-0.2, -0.15) is 0 Å². The molecule has 2 aromatic carbocycles. The summed E-state index contributed by atoms with van der Waals surface area (Å²) < 4.78 is 13.7. The van der Waals surface area contributed by atoms with Crippen LogP contribution in [-0.4, -0.2) is 101 Å². The Bertz CT molecular complexity index is 1160. The van der Waals surface area contributed by atoms with Crippen molar-refractivity contribution in [3.63, 3.8) is 0 Å². The highest BCUT2D eigenvalue weighted by Crippen LogP contribution is 2.26. The fourth-order valence-electron chi connectivity index (χ4n) is 6.01. The Morgan fingerprint density at radius 2 is 1.32 bits per heavy atom. The molecule has 44 heavy (non-hydrogen) atoms. The van der Waals surface area contributed by atoms with Crippen molar-refractivity contribution in [2.45, 2.75) is 38.8 Å². The highest BCUT2D eigenvalue weighted by Gasteiger charge is 2.29. The standard InChI is InChI=1S/C32H43FN6.5ClH/c1-26(2)38-19-21-39(22-20-38)31(27-10-12-30(33)13-11-27)24-37-17-15-36(16-18-37)14-6-9-29-23-34-25-35-32(29)28-7-4-3-5-8-28;;;;;/h3-5,7-8,10-13,23,25-26,31H,6,9,14-22,24H2,1-2H3;5*1H. The average molecular weight is 713 g/mol. The van der Waals surface area contributed by atoms with Crippen LogP contribution in [-0.2, 0) is 6.42 Å². The largest absolute Gasteiger partial charge is 0.301 e. The maximum Gasteiger partial charge on any atom is 0.123 e. The van der Waals surface area contributed by atoms with Crippen LogP contribution in [0.25, 0.3) is 11.3 Å². The van der Waals surface area contributed by atoms with Crippen LogP contribution >= 0.6 is 62.0 Å². The lowest BCUT2D eigenvalue weighted by Gasteiger charge is -2.43. The molecular weight excluding hydrogens is 665 g/mol. The fraction of sp³-hybridized carbons (Fsp3) is 0.500. The number of rotatable bonds is 10. The lowest BCUT2D eigenvalue weighted by atomic mass is 10.0. The highest BCUT2D eigenvalue weighted by molar-refractivity contribution is 5.86. The van der Waals surface area contributed by atoms with E-state index < -0.39 is 0 Å². The van der Waals surface area contributed by atoms with Crippen molar-refractivity contribution >= 4 is 62.0 Å². The fourth-order valence-corrected chi connectivity index (χ4v) is 6.01. The van der Waals surface area contributed by atoms with E-state index >= 15 is 0 Å². The summed E-state index contributed by atoms with van der Waals surface area (Å²) in [5.74, 6) is -0.159. The molecule has 0 amide bonds. The topological polar surface area (TPSA) is 38.7 Å². The van der Waals surface area contributed by atoms with E-state index in [1.807, 2.05) is 24.4 Å². The Morgan fingerprint density at radius 3 is 1.93 bits per heavy atom. The molecule has 5 rings (SSSR count). The monoisotopic (exact) mass is 710 g/mol. The second kappa shape index (κ2) is 21.5. The van der Waals surface area contributed by atoms with Gasteiger partial charge in [0.2, 0.25) is 0 Å². The Labute approximate surface area is 294 Å². The number of nitrogens with zero attached hydrogens (tertiary/aromatic N) is 6. The summed E-state index contributed by atoms with van der Waals surface area (Å²) in [4.78, 5) is 19.2. The molecular formula is C32H48Cl5FN6. The van der Waals surface area contributed by atoms with Crippen molar-refractivity contribution in [2.24, 2.45) is 0 Å². The molecule has 0 spiro atoms. The molecule has 2 fully saturated rings. The third-order valence-corrected chi connectivity index (χ3v) is 8.43. The van der Waals surface area contributed by atoms with E-state index in [4.69, 9.17) is 0 Å². The first-order chi connectivity index (χ1) is 19.1. The molecule has 0 aliphatic carbocycles. The predicted molar refractivity (Wildman–Crippen MR) is 192 cm³/mol. The molecule has 0 N–H and O–H groups in total. The third-order valence-electron chi connectivity index (χ3n) is 8.43. The first kappa shape index (κ1) is 42.7. The van der Waals surface area contributed by atoms with Gasteiger partial charge in [-0.05, 0) is 56.5 Å². The summed E-state index contributed by atoms with van der Waals surface area (Å²) in [5.41, 5.74) is 4.67. The Morgan fingerprint density at radius 1 is 0.727 bits per heavy atom. The SMILES string of the molecule is CC(C)N1CCN(C(CN2CCN(CCCc3cncnc3-c3ccccc3)CC2)c2ccc(F)cc2)CC1.Cl.Cl.Cl.Cl.Cl. The smallest absolute Gasteiger partial charge is 0.123 e. The van der Waals surface area contributed by atoms with Gasteiger partial charge in [-0.3, -0.25) is 14.7 Å². The minimum Gasteiger partial charge on any atom is -0.301 e. The van der Waals surface area contributed by atoms with Crippen molar-refractivity contribution in [1.29, 1.82) is 0 Å². The molecule has 2 saturated heterocycles. The van der Waals surface area contributed by atoms with Gasteiger partial charge in [0.25, 0.3) is 0 Å². The molecule has 248 valence electrons. The van der Waals surface area contributed by atoms with Crippen molar-refractivity contribution in [3.8, 4) is 11.3 Å². The lowest BCUT2D eigenvalue weighted by molar-refractivity contribution is 0.0481. The molecule has 1 unspecified atom stereocenters. The Hall–Kier alpha value is -1.26. The third kappa shape index (κ3) is 11.8. The van der Waals surface area contributed by atoms with E-state index in [1.165, 1.54) is 11.1 Å². The van der Waals surface area contributed by atoms with E-state index in [0.29, 0.717) is 12.1 Å². The maximum atomic E-state index is 13.7. The summed E-state index contributed by atoms with van der Waals surface area (Å²) >= 11 is 0. The second-order valence-electron chi connectivity index (χ2n) is 11.2. The van der Waals surface area contributed by atoms with E-state index in [9.17, 15) is 4.39 Å². The number of hydrogen-bond acceptors (Lipinski definition) is 6. The first-order valence-electron chi connectivity index (χ1n) is 14.6. The number of hydrogen-bond donors (Lipinski definition) is 0. The number of piperazine rings is 2.